The van der Waals surface area contributed by atoms with Crippen molar-refractivity contribution in [1.82, 2.24) is 0 Å². The van der Waals surface area contributed by atoms with Crippen molar-refractivity contribution in [1.29, 1.82) is 0 Å². The van der Waals surface area contributed by atoms with Crippen LogP contribution in [0.2, 0.25) is 0 Å². The molecule has 6 nitrogen and oxygen atoms in total. The van der Waals surface area contributed by atoms with E-state index in [4.69, 9.17) is 14.2 Å². The Morgan fingerprint density at radius 2 is 1.50 bits per heavy atom. The average molecular weight is 414 g/mol. The van der Waals surface area contributed by atoms with E-state index in [0.717, 1.165) is 18.6 Å². The Morgan fingerprint density at radius 1 is 0.867 bits per heavy atom. The van der Waals surface area contributed by atoms with E-state index in [1.165, 1.54) is 19.8 Å². The first kappa shape index (κ1) is 23.3. The third-order valence-electron chi connectivity index (χ3n) is 4.44. The molecule has 162 valence electrons. The molecule has 0 aliphatic heterocycles. The second kappa shape index (κ2) is 12.5. The number of ether oxygens (including phenoxy) is 3. The second-order valence-corrected chi connectivity index (χ2v) is 6.93. The number of carbonyl (C=O) groups is 2. The summed E-state index contributed by atoms with van der Waals surface area (Å²) in [7, 11) is 0. The molecule has 6 heteroatoms. The molecule has 0 saturated carbocycles. The average Bonchev–Trinajstić information content (AvgIpc) is 2.75. The van der Waals surface area contributed by atoms with Gasteiger partial charge in [-0.2, -0.15) is 0 Å². The van der Waals surface area contributed by atoms with Crippen molar-refractivity contribution in [2.24, 2.45) is 0 Å². The monoisotopic (exact) mass is 413 g/mol. The fourth-order valence-corrected chi connectivity index (χ4v) is 2.73. The molecule has 0 spiro atoms. The van der Waals surface area contributed by atoms with Crippen molar-refractivity contribution < 1.29 is 23.8 Å². The number of hydrogen-bond acceptors (Lipinski definition) is 5. The van der Waals surface area contributed by atoms with Gasteiger partial charge in [-0.15, -0.1) is 0 Å². The molecule has 0 saturated heterocycles. The maximum absolute atomic E-state index is 12.3. The molecule has 0 aliphatic rings. The molecular formula is C24H31NO5. The lowest BCUT2D eigenvalue weighted by molar-refractivity contribution is -0.123. The van der Waals surface area contributed by atoms with Gasteiger partial charge in [0.25, 0.3) is 5.91 Å². The van der Waals surface area contributed by atoms with Crippen LogP contribution in [0, 0.1) is 0 Å². The van der Waals surface area contributed by atoms with Crippen LogP contribution < -0.4 is 14.8 Å². The Labute approximate surface area is 178 Å². The molecule has 0 radical (unpaired) electrons. The quantitative estimate of drug-likeness (QED) is 0.381. The molecule has 30 heavy (non-hydrogen) atoms. The zero-order valence-electron chi connectivity index (χ0n) is 18.0. The summed E-state index contributed by atoms with van der Waals surface area (Å²) in [5, 5.41) is 2.72. The highest BCUT2D eigenvalue weighted by Crippen LogP contribution is 2.17. The van der Waals surface area contributed by atoms with Gasteiger partial charge >= 0.3 is 5.97 Å². The SMILES string of the molecule is CCCCCCOc1ccc(C(=O)O[C@@H](C)C(=O)Nc2ccc(OCC)cc2)cc1. The van der Waals surface area contributed by atoms with Gasteiger partial charge in [0.05, 0.1) is 18.8 Å². The zero-order chi connectivity index (χ0) is 21.8. The van der Waals surface area contributed by atoms with Crippen molar-refractivity contribution in [2.75, 3.05) is 18.5 Å². The van der Waals surface area contributed by atoms with Crippen LogP contribution in [-0.4, -0.2) is 31.2 Å². The molecule has 1 amide bonds. The molecule has 0 aromatic heterocycles. The minimum absolute atomic E-state index is 0.369. The number of carbonyl (C=O) groups excluding carboxylic acids is 2. The number of unbranched alkanes of at least 4 members (excludes halogenated alkanes) is 3. The standard InChI is InChI=1S/C24H31NO5/c1-4-6-7-8-17-29-22-13-9-19(10-14-22)24(27)30-18(3)23(26)25-20-11-15-21(16-12-20)28-5-2/h9-16,18H,4-8,17H2,1-3H3,(H,25,26)/t18-/m0/s1. The van der Waals surface area contributed by atoms with Crippen molar-refractivity contribution in [3.05, 3.63) is 54.1 Å². The number of benzene rings is 2. The lowest BCUT2D eigenvalue weighted by atomic mass is 10.2. The molecule has 2 rings (SSSR count). The lowest BCUT2D eigenvalue weighted by Crippen LogP contribution is -2.30. The Balaban J connectivity index is 1.80. The highest BCUT2D eigenvalue weighted by atomic mass is 16.5. The molecule has 0 bridgehead atoms. The summed E-state index contributed by atoms with van der Waals surface area (Å²) in [6, 6.07) is 13.8. The first-order chi connectivity index (χ1) is 14.5. The molecule has 2 aromatic rings. The number of anilines is 1. The second-order valence-electron chi connectivity index (χ2n) is 6.93. The number of esters is 1. The van der Waals surface area contributed by atoms with Crippen LogP contribution in [0.15, 0.2) is 48.5 Å². The van der Waals surface area contributed by atoms with Gasteiger partial charge < -0.3 is 19.5 Å². The highest BCUT2D eigenvalue weighted by molar-refractivity contribution is 5.97. The Bertz CT molecular complexity index is 786. The molecule has 0 aliphatic carbocycles. The summed E-state index contributed by atoms with van der Waals surface area (Å²) in [5.41, 5.74) is 0.973. The molecule has 0 fully saturated rings. The van der Waals surface area contributed by atoms with Gasteiger partial charge in [0, 0.05) is 5.69 Å². The number of hydrogen-bond donors (Lipinski definition) is 1. The van der Waals surface area contributed by atoms with E-state index in [2.05, 4.69) is 12.2 Å². The Kier molecular flexibility index (Phi) is 9.71. The van der Waals surface area contributed by atoms with Crippen LogP contribution in [0.4, 0.5) is 5.69 Å². The van der Waals surface area contributed by atoms with Gasteiger partial charge in [0.1, 0.15) is 11.5 Å². The molecule has 1 atom stereocenters. The largest absolute Gasteiger partial charge is 0.494 e. The van der Waals surface area contributed by atoms with E-state index in [1.54, 1.807) is 48.5 Å². The molecule has 0 heterocycles. The van der Waals surface area contributed by atoms with Crippen LogP contribution in [0.25, 0.3) is 0 Å². The minimum Gasteiger partial charge on any atom is -0.494 e. The fraction of sp³-hybridized carbons (Fsp3) is 0.417. The third kappa shape index (κ3) is 7.78. The van der Waals surface area contributed by atoms with Crippen molar-refractivity contribution in [2.45, 2.75) is 52.6 Å². The van der Waals surface area contributed by atoms with E-state index in [-0.39, 0.29) is 0 Å². The van der Waals surface area contributed by atoms with Crippen molar-refractivity contribution in [3.63, 3.8) is 0 Å². The highest BCUT2D eigenvalue weighted by Gasteiger charge is 2.19. The predicted octanol–water partition coefficient (Wildman–Crippen LogP) is 5.23. The van der Waals surface area contributed by atoms with Gasteiger partial charge in [0.15, 0.2) is 6.10 Å². The van der Waals surface area contributed by atoms with E-state index in [0.29, 0.717) is 30.2 Å². The summed E-state index contributed by atoms with van der Waals surface area (Å²) in [6.07, 6.45) is 3.63. The molecule has 1 N–H and O–H groups in total. The Hall–Kier alpha value is -3.02. The van der Waals surface area contributed by atoms with Crippen LogP contribution in [-0.2, 0) is 9.53 Å². The van der Waals surface area contributed by atoms with E-state index in [1.807, 2.05) is 6.92 Å². The van der Waals surface area contributed by atoms with Gasteiger partial charge in [0.2, 0.25) is 0 Å². The van der Waals surface area contributed by atoms with E-state index >= 15 is 0 Å². The van der Waals surface area contributed by atoms with E-state index in [9.17, 15) is 9.59 Å². The maximum atomic E-state index is 12.3. The summed E-state index contributed by atoms with van der Waals surface area (Å²) in [4.78, 5) is 24.6. The Morgan fingerprint density at radius 3 is 2.13 bits per heavy atom. The minimum atomic E-state index is -0.932. The normalized spacial score (nSPS) is 11.4. The smallest absolute Gasteiger partial charge is 0.338 e. The topological polar surface area (TPSA) is 73.9 Å². The summed E-state index contributed by atoms with van der Waals surface area (Å²) in [6.45, 7) is 6.84. The van der Waals surface area contributed by atoms with Gasteiger partial charge in [-0.1, -0.05) is 26.2 Å². The molecule has 2 aromatic carbocycles. The number of amides is 1. The first-order valence-corrected chi connectivity index (χ1v) is 10.5. The van der Waals surface area contributed by atoms with Crippen LogP contribution in [0.3, 0.4) is 0 Å². The number of nitrogens with one attached hydrogen (secondary N) is 1. The summed E-state index contributed by atoms with van der Waals surface area (Å²) < 4.78 is 16.3. The first-order valence-electron chi connectivity index (χ1n) is 10.5. The van der Waals surface area contributed by atoms with Gasteiger partial charge in [-0.3, -0.25) is 4.79 Å². The predicted molar refractivity (Wildman–Crippen MR) is 117 cm³/mol. The fourth-order valence-electron chi connectivity index (χ4n) is 2.73. The summed E-state index contributed by atoms with van der Waals surface area (Å²) in [5.74, 6) is 0.478. The third-order valence-corrected chi connectivity index (χ3v) is 4.44. The lowest BCUT2D eigenvalue weighted by Gasteiger charge is -2.14. The molecule has 0 unspecified atom stereocenters. The number of rotatable bonds is 12. The van der Waals surface area contributed by atoms with E-state index < -0.39 is 18.0 Å². The van der Waals surface area contributed by atoms with Crippen LogP contribution in [0.1, 0.15) is 56.8 Å². The maximum Gasteiger partial charge on any atom is 0.338 e. The van der Waals surface area contributed by atoms with Crippen LogP contribution >= 0.6 is 0 Å². The van der Waals surface area contributed by atoms with Crippen LogP contribution in [0.5, 0.6) is 11.5 Å². The van der Waals surface area contributed by atoms with Crippen molar-refractivity contribution >= 4 is 17.6 Å². The summed E-state index contributed by atoms with van der Waals surface area (Å²) >= 11 is 0. The zero-order valence-corrected chi connectivity index (χ0v) is 18.0. The van der Waals surface area contributed by atoms with Gasteiger partial charge in [-0.25, -0.2) is 4.79 Å². The van der Waals surface area contributed by atoms with Crippen molar-refractivity contribution in [3.8, 4) is 11.5 Å². The van der Waals surface area contributed by atoms with Gasteiger partial charge in [-0.05, 0) is 68.8 Å². The molecular weight excluding hydrogens is 382 g/mol.